The molecule has 0 bridgehead atoms. The van der Waals surface area contributed by atoms with E-state index in [4.69, 9.17) is 4.74 Å². The molecule has 1 atom stereocenters. The Morgan fingerprint density at radius 3 is 2.56 bits per heavy atom. The highest BCUT2D eigenvalue weighted by molar-refractivity contribution is 5.82. The number of aromatic nitrogens is 2. The van der Waals surface area contributed by atoms with Crippen LogP contribution in [0.4, 0.5) is 5.69 Å². The number of hydrogen-bond acceptors (Lipinski definition) is 5. The Morgan fingerprint density at radius 1 is 1.03 bits per heavy atom. The van der Waals surface area contributed by atoms with Crippen LogP contribution >= 0.6 is 0 Å². The van der Waals surface area contributed by atoms with Gasteiger partial charge in [0.25, 0.3) is 0 Å². The number of hydrogen-bond donors (Lipinski definition) is 1. The summed E-state index contributed by atoms with van der Waals surface area (Å²) in [6.07, 6.45) is 6.24. The van der Waals surface area contributed by atoms with E-state index in [1.807, 2.05) is 15.6 Å². The number of morpholine rings is 1. The summed E-state index contributed by atoms with van der Waals surface area (Å²) in [6, 6.07) is 13.0. The molecular weight excluding hydrogens is 402 g/mol. The molecule has 7 heteroatoms. The maximum atomic E-state index is 12.4. The average Bonchev–Trinajstić information content (AvgIpc) is 3.62. The van der Waals surface area contributed by atoms with E-state index in [0.717, 1.165) is 69.8 Å². The lowest BCUT2D eigenvalue weighted by atomic mass is 10.0. The summed E-state index contributed by atoms with van der Waals surface area (Å²) < 4.78 is 7.84. The number of carbonyl (C=O) groups excluding carboxylic acids is 1. The lowest BCUT2D eigenvalue weighted by Crippen LogP contribution is -2.49. The van der Waals surface area contributed by atoms with Crippen LogP contribution in [0.15, 0.2) is 48.8 Å². The molecule has 7 nitrogen and oxygen atoms in total. The number of fused-ring (bicyclic) bond motifs is 1. The molecule has 2 saturated heterocycles. The van der Waals surface area contributed by atoms with E-state index in [1.165, 1.54) is 16.8 Å². The molecule has 0 radical (unpaired) electrons. The van der Waals surface area contributed by atoms with E-state index >= 15 is 0 Å². The molecule has 1 amide bonds. The highest BCUT2D eigenvalue weighted by Crippen LogP contribution is 2.33. The van der Waals surface area contributed by atoms with Gasteiger partial charge >= 0.3 is 0 Å². The van der Waals surface area contributed by atoms with E-state index in [0.29, 0.717) is 11.8 Å². The molecule has 3 aromatic rings. The smallest absolute Gasteiger partial charge is 0.225 e. The van der Waals surface area contributed by atoms with Gasteiger partial charge in [0, 0.05) is 63.1 Å². The standard InChI is InChI=1S/C25H29N5O2/c31-25(20-5-6-20)29-12-10-28(11-13-29)22-7-8-27-30-17-21(15-23(22)30)18-1-3-19(4-2-18)24-16-26-9-14-32-24/h1-4,7-8,15,17,20,24,26H,5-6,9-14,16H2. The van der Waals surface area contributed by atoms with E-state index in [-0.39, 0.29) is 6.10 Å². The number of nitrogens with zero attached hydrogens (tertiary/aromatic N) is 4. The molecule has 1 unspecified atom stereocenters. The summed E-state index contributed by atoms with van der Waals surface area (Å²) in [5.74, 6) is 0.655. The first-order valence-electron chi connectivity index (χ1n) is 11.7. The summed E-state index contributed by atoms with van der Waals surface area (Å²) in [4.78, 5) is 16.8. The van der Waals surface area contributed by atoms with Crippen molar-refractivity contribution in [1.82, 2.24) is 19.8 Å². The number of carbonyl (C=O) groups is 1. The minimum Gasteiger partial charge on any atom is -0.371 e. The van der Waals surface area contributed by atoms with Crippen molar-refractivity contribution in [2.75, 3.05) is 50.8 Å². The summed E-state index contributed by atoms with van der Waals surface area (Å²) in [5.41, 5.74) is 5.83. The number of benzene rings is 1. The van der Waals surface area contributed by atoms with Crippen molar-refractivity contribution in [3.05, 3.63) is 54.4 Å². The van der Waals surface area contributed by atoms with E-state index in [1.54, 1.807) is 0 Å². The topological polar surface area (TPSA) is 62.1 Å². The summed E-state index contributed by atoms with van der Waals surface area (Å²) in [6.45, 7) is 5.88. The summed E-state index contributed by atoms with van der Waals surface area (Å²) in [7, 11) is 0. The third-order valence-electron chi connectivity index (χ3n) is 6.89. The van der Waals surface area contributed by atoms with E-state index < -0.39 is 0 Å². The third-order valence-corrected chi connectivity index (χ3v) is 6.89. The Kier molecular flexibility index (Phi) is 5.08. The molecule has 3 aliphatic rings. The zero-order valence-corrected chi connectivity index (χ0v) is 18.2. The first-order chi connectivity index (χ1) is 15.8. The predicted octanol–water partition coefficient (Wildman–Crippen LogP) is 2.72. The summed E-state index contributed by atoms with van der Waals surface area (Å²) >= 11 is 0. The Bertz CT molecular complexity index is 1110. The number of ether oxygens (including phenoxy) is 1. The SMILES string of the molecule is O=C(C1CC1)N1CCN(c2ccnn3cc(-c4ccc(C5CNCCO5)cc4)cc23)CC1. The zero-order valence-electron chi connectivity index (χ0n) is 18.2. The van der Waals surface area contributed by atoms with Crippen LogP contribution in [0, 0.1) is 5.92 Å². The number of nitrogens with one attached hydrogen (secondary N) is 1. The fraction of sp³-hybridized carbons (Fsp3) is 0.440. The van der Waals surface area contributed by atoms with Crippen molar-refractivity contribution in [2.45, 2.75) is 18.9 Å². The normalized spacial score (nSPS) is 21.8. The molecule has 6 rings (SSSR count). The second kappa shape index (κ2) is 8.22. The molecule has 32 heavy (non-hydrogen) atoms. The van der Waals surface area contributed by atoms with Crippen molar-refractivity contribution < 1.29 is 9.53 Å². The molecule has 2 aromatic heterocycles. The molecule has 1 aliphatic carbocycles. The Labute approximate surface area is 188 Å². The second-order valence-electron chi connectivity index (χ2n) is 9.05. The number of amides is 1. The van der Waals surface area contributed by atoms with Gasteiger partial charge in [-0.15, -0.1) is 0 Å². The van der Waals surface area contributed by atoms with Gasteiger partial charge in [-0.2, -0.15) is 5.10 Å². The molecule has 1 N–H and O–H groups in total. The highest BCUT2D eigenvalue weighted by Gasteiger charge is 2.34. The molecule has 2 aliphatic heterocycles. The van der Waals surface area contributed by atoms with Crippen molar-refractivity contribution >= 4 is 17.1 Å². The fourth-order valence-corrected chi connectivity index (χ4v) is 4.85. The second-order valence-corrected chi connectivity index (χ2v) is 9.05. The molecule has 0 spiro atoms. The quantitative estimate of drug-likeness (QED) is 0.688. The van der Waals surface area contributed by atoms with Gasteiger partial charge in [-0.25, -0.2) is 4.52 Å². The van der Waals surface area contributed by atoms with Gasteiger partial charge in [-0.1, -0.05) is 24.3 Å². The van der Waals surface area contributed by atoms with Gasteiger partial charge in [-0.05, 0) is 36.1 Å². The van der Waals surface area contributed by atoms with Crippen LogP contribution in [0.2, 0.25) is 0 Å². The number of piperazine rings is 1. The van der Waals surface area contributed by atoms with E-state index in [2.05, 4.69) is 57.9 Å². The molecule has 1 saturated carbocycles. The molecule has 166 valence electrons. The van der Waals surface area contributed by atoms with Crippen LogP contribution in [0.5, 0.6) is 0 Å². The van der Waals surface area contributed by atoms with Crippen LogP contribution in [0.25, 0.3) is 16.6 Å². The largest absolute Gasteiger partial charge is 0.371 e. The maximum absolute atomic E-state index is 12.4. The average molecular weight is 432 g/mol. The zero-order chi connectivity index (χ0) is 21.5. The van der Waals surface area contributed by atoms with Crippen LogP contribution in [0.1, 0.15) is 24.5 Å². The Morgan fingerprint density at radius 2 is 1.84 bits per heavy atom. The van der Waals surface area contributed by atoms with Gasteiger partial charge in [-0.3, -0.25) is 4.79 Å². The Hall–Kier alpha value is -2.90. The molecule has 3 fully saturated rings. The van der Waals surface area contributed by atoms with Crippen LogP contribution < -0.4 is 10.2 Å². The van der Waals surface area contributed by atoms with Crippen molar-refractivity contribution in [2.24, 2.45) is 5.92 Å². The molecular formula is C25H29N5O2. The first kappa shape index (κ1) is 19.8. The lowest BCUT2D eigenvalue weighted by molar-refractivity contribution is -0.132. The van der Waals surface area contributed by atoms with Crippen molar-refractivity contribution in [3.8, 4) is 11.1 Å². The lowest BCUT2D eigenvalue weighted by Gasteiger charge is -2.36. The van der Waals surface area contributed by atoms with Crippen molar-refractivity contribution in [1.29, 1.82) is 0 Å². The monoisotopic (exact) mass is 431 g/mol. The predicted molar refractivity (Wildman–Crippen MR) is 124 cm³/mol. The van der Waals surface area contributed by atoms with Crippen LogP contribution in [0.3, 0.4) is 0 Å². The minimum atomic E-state index is 0.129. The molecule has 4 heterocycles. The van der Waals surface area contributed by atoms with Gasteiger partial charge in [0.1, 0.15) is 0 Å². The Balaban J connectivity index is 1.21. The summed E-state index contributed by atoms with van der Waals surface area (Å²) in [5, 5.41) is 7.93. The van der Waals surface area contributed by atoms with Crippen LogP contribution in [-0.4, -0.2) is 66.3 Å². The van der Waals surface area contributed by atoms with Gasteiger partial charge < -0.3 is 19.9 Å². The minimum absolute atomic E-state index is 0.129. The van der Waals surface area contributed by atoms with Crippen molar-refractivity contribution in [3.63, 3.8) is 0 Å². The van der Waals surface area contributed by atoms with Gasteiger partial charge in [0.2, 0.25) is 5.91 Å². The van der Waals surface area contributed by atoms with Crippen LogP contribution in [-0.2, 0) is 9.53 Å². The fourth-order valence-electron chi connectivity index (χ4n) is 4.85. The number of anilines is 1. The molecule has 1 aromatic carbocycles. The van der Waals surface area contributed by atoms with Gasteiger partial charge in [0.15, 0.2) is 0 Å². The van der Waals surface area contributed by atoms with Gasteiger partial charge in [0.05, 0.1) is 23.9 Å². The number of rotatable bonds is 4. The highest BCUT2D eigenvalue weighted by atomic mass is 16.5. The van der Waals surface area contributed by atoms with E-state index in [9.17, 15) is 4.79 Å². The first-order valence-corrected chi connectivity index (χ1v) is 11.7. The maximum Gasteiger partial charge on any atom is 0.225 e. The third kappa shape index (κ3) is 3.76.